The van der Waals surface area contributed by atoms with Gasteiger partial charge in [-0.25, -0.2) is 0 Å². The third-order valence-corrected chi connectivity index (χ3v) is 3.48. The van der Waals surface area contributed by atoms with Crippen molar-refractivity contribution < 1.29 is 22.7 Å². The van der Waals surface area contributed by atoms with Crippen molar-refractivity contribution in [2.45, 2.75) is 32.5 Å². The first-order valence-corrected chi connectivity index (χ1v) is 7.51. The Balaban J connectivity index is 2.11. The lowest BCUT2D eigenvalue weighted by Gasteiger charge is -2.19. The minimum atomic E-state index is -4.46. The van der Waals surface area contributed by atoms with Gasteiger partial charge in [0, 0.05) is 5.69 Å². The van der Waals surface area contributed by atoms with Gasteiger partial charge in [0.05, 0.1) is 5.56 Å². The second-order valence-corrected chi connectivity index (χ2v) is 5.35. The van der Waals surface area contributed by atoms with Gasteiger partial charge in [-0.05, 0) is 43.2 Å². The summed E-state index contributed by atoms with van der Waals surface area (Å²) >= 11 is 0. The molecule has 0 saturated carbocycles. The number of carbonyl (C=O) groups excluding carboxylic acids is 1. The number of benzene rings is 2. The molecule has 1 atom stereocenters. The molecule has 0 aliphatic carbocycles. The molecule has 0 aliphatic heterocycles. The van der Waals surface area contributed by atoms with Gasteiger partial charge in [-0.3, -0.25) is 4.79 Å². The fraction of sp³-hybridized carbons (Fsp3) is 0.278. The molecule has 1 unspecified atom stereocenters. The molecular weight excluding hydrogens is 319 g/mol. The predicted molar refractivity (Wildman–Crippen MR) is 86.0 cm³/mol. The highest BCUT2D eigenvalue weighted by Crippen LogP contribution is 2.30. The van der Waals surface area contributed by atoms with Crippen LogP contribution in [0.5, 0.6) is 5.75 Å². The molecule has 2 aromatic rings. The number of anilines is 1. The number of amides is 1. The zero-order valence-corrected chi connectivity index (χ0v) is 13.4. The highest BCUT2D eigenvalue weighted by atomic mass is 19.4. The van der Waals surface area contributed by atoms with Gasteiger partial charge in [-0.15, -0.1) is 0 Å². The van der Waals surface area contributed by atoms with Crippen LogP contribution < -0.4 is 10.1 Å². The van der Waals surface area contributed by atoms with Crippen molar-refractivity contribution in [1.29, 1.82) is 0 Å². The first-order valence-electron chi connectivity index (χ1n) is 7.51. The highest BCUT2D eigenvalue weighted by molar-refractivity contribution is 5.94. The lowest BCUT2D eigenvalue weighted by molar-refractivity contribution is -0.137. The van der Waals surface area contributed by atoms with Gasteiger partial charge < -0.3 is 10.1 Å². The van der Waals surface area contributed by atoms with Crippen molar-refractivity contribution in [1.82, 2.24) is 0 Å². The minimum Gasteiger partial charge on any atom is -0.480 e. The molecule has 0 saturated heterocycles. The van der Waals surface area contributed by atoms with E-state index in [1.165, 1.54) is 12.1 Å². The van der Waals surface area contributed by atoms with Gasteiger partial charge in [0.2, 0.25) is 0 Å². The van der Waals surface area contributed by atoms with E-state index in [4.69, 9.17) is 4.74 Å². The van der Waals surface area contributed by atoms with E-state index in [-0.39, 0.29) is 5.69 Å². The molecule has 0 bridgehead atoms. The van der Waals surface area contributed by atoms with E-state index in [0.717, 1.165) is 17.7 Å². The number of halogens is 3. The van der Waals surface area contributed by atoms with Crippen LogP contribution in [0.4, 0.5) is 18.9 Å². The quantitative estimate of drug-likeness (QED) is 0.850. The Morgan fingerprint density at radius 3 is 2.50 bits per heavy atom. The smallest absolute Gasteiger partial charge is 0.416 e. The number of carbonyl (C=O) groups is 1. The Hall–Kier alpha value is -2.50. The first kappa shape index (κ1) is 17.8. The topological polar surface area (TPSA) is 38.3 Å². The van der Waals surface area contributed by atoms with Crippen LogP contribution in [-0.4, -0.2) is 12.0 Å². The van der Waals surface area contributed by atoms with Crippen molar-refractivity contribution in [3.8, 4) is 5.75 Å². The van der Waals surface area contributed by atoms with Crippen LogP contribution in [0.15, 0.2) is 48.5 Å². The molecule has 0 heterocycles. The SMILES string of the molecule is CCC(Oc1ccccc1C)C(=O)Nc1cccc(C(F)(F)F)c1. The Morgan fingerprint density at radius 1 is 1.17 bits per heavy atom. The van der Waals surface area contributed by atoms with Crippen LogP contribution in [0.25, 0.3) is 0 Å². The van der Waals surface area contributed by atoms with Gasteiger partial charge in [-0.2, -0.15) is 13.2 Å². The maximum atomic E-state index is 12.7. The summed E-state index contributed by atoms with van der Waals surface area (Å²) in [5, 5.41) is 2.48. The molecule has 0 fully saturated rings. The number of aryl methyl sites for hydroxylation is 1. The zero-order valence-electron chi connectivity index (χ0n) is 13.4. The molecule has 128 valence electrons. The van der Waals surface area contributed by atoms with Gasteiger partial charge in [-0.1, -0.05) is 31.2 Å². The molecule has 3 nitrogen and oxygen atoms in total. The molecule has 1 N–H and O–H groups in total. The molecule has 0 radical (unpaired) electrons. The lowest BCUT2D eigenvalue weighted by Crippen LogP contribution is -2.32. The molecule has 24 heavy (non-hydrogen) atoms. The number of alkyl halides is 3. The van der Waals surface area contributed by atoms with Crippen molar-refractivity contribution in [2.24, 2.45) is 0 Å². The van der Waals surface area contributed by atoms with Crippen LogP contribution in [0.2, 0.25) is 0 Å². The van der Waals surface area contributed by atoms with Crippen LogP contribution in [-0.2, 0) is 11.0 Å². The second-order valence-electron chi connectivity index (χ2n) is 5.35. The molecular formula is C18H18F3NO2. The van der Waals surface area contributed by atoms with Gasteiger partial charge in [0.15, 0.2) is 6.10 Å². The molecule has 0 aliphatic rings. The number of rotatable bonds is 5. The summed E-state index contributed by atoms with van der Waals surface area (Å²) < 4.78 is 43.9. The summed E-state index contributed by atoms with van der Waals surface area (Å²) in [5.74, 6) is 0.0867. The third kappa shape index (κ3) is 4.50. The normalized spacial score (nSPS) is 12.5. The van der Waals surface area contributed by atoms with Crippen LogP contribution in [0.3, 0.4) is 0 Å². The maximum Gasteiger partial charge on any atom is 0.416 e. The fourth-order valence-corrected chi connectivity index (χ4v) is 2.16. The number of hydrogen-bond donors (Lipinski definition) is 1. The van der Waals surface area contributed by atoms with Crippen molar-refractivity contribution in [3.05, 3.63) is 59.7 Å². The summed E-state index contributed by atoms with van der Waals surface area (Å²) in [4.78, 5) is 12.3. The Morgan fingerprint density at radius 2 is 1.88 bits per heavy atom. The minimum absolute atomic E-state index is 0.0849. The third-order valence-electron chi connectivity index (χ3n) is 3.48. The molecule has 0 aromatic heterocycles. The van der Waals surface area contributed by atoms with E-state index < -0.39 is 23.8 Å². The molecule has 2 rings (SSSR count). The van der Waals surface area contributed by atoms with E-state index >= 15 is 0 Å². The van der Waals surface area contributed by atoms with Crippen molar-refractivity contribution >= 4 is 11.6 Å². The standard InChI is InChI=1S/C18H18F3NO2/c1-3-15(24-16-10-5-4-7-12(16)2)17(23)22-14-9-6-8-13(11-14)18(19,20)21/h4-11,15H,3H2,1-2H3,(H,22,23). The predicted octanol–water partition coefficient (Wildman–Crippen LogP) is 4.81. The highest BCUT2D eigenvalue weighted by Gasteiger charge is 2.30. The maximum absolute atomic E-state index is 12.7. The number of hydrogen-bond acceptors (Lipinski definition) is 2. The van der Waals surface area contributed by atoms with Crippen LogP contribution >= 0.6 is 0 Å². The summed E-state index contributed by atoms with van der Waals surface area (Å²) in [6.07, 6.45) is -4.86. The Bertz CT molecular complexity index is 713. The monoisotopic (exact) mass is 337 g/mol. The molecule has 0 spiro atoms. The first-order chi connectivity index (χ1) is 11.3. The van der Waals surface area contributed by atoms with Gasteiger partial charge in [0.1, 0.15) is 5.75 Å². The number of ether oxygens (including phenoxy) is 1. The summed E-state index contributed by atoms with van der Waals surface area (Å²) in [6.45, 7) is 3.63. The van der Waals surface area contributed by atoms with Crippen molar-refractivity contribution in [2.75, 3.05) is 5.32 Å². The van der Waals surface area contributed by atoms with E-state index in [2.05, 4.69) is 5.32 Å². The molecule has 1 amide bonds. The van der Waals surface area contributed by atoms with Crippen molar-refractivity contribution in [3.63, 3.8) is 0 Å². The van der Waals surface area contributed by atoms with Crippen LogP contribution in [0.1, 0.15) is 24.5 Å². The Labute approximate surface area is 138 Å². The average molecular weight is 337 g/mol. The lowest BCUT2D eigenvalue weighted by atomic mass is 10.1. The summed E-state index contributed by atoms with van der Waals surface area (Å²) in [6, 6.07) is 11.8. The number of nitrogens with one attached hydrogen (secondary N) is 1. The molecule has 2 aromatic carbocycles. The van der Waals surface area contributed by atoms with E-state index in [9.17, 15) is 18.0 Å². The number of para-hydroxylation sites is 1. The van der Waals surface area contributed by atoms with E-state index in [1.54, 1.807) is 19.1 Å². The van der Waals surface area contributed by atoms with E-state index in [0.29, 0.717) is 12.2 Å². The van der Waals surface area contributed by atoms with E-state index in [1.807, 2.05) is 19.1 Å². The fourth-order valence-electron chi connectivity index (χ4n) is 2.16. The second kappa shape index (κ2) is 7.38. The average Bonchev–Trinajstić information content (AvgIpc) is 2.53. The summed E-state index contributed by atoms with van der Waals surface area (Å²) in [7, 11) is 0. The molecule has 6 heteroatoms. The largest absolute Gasteiger partial charge is 0.480 e. The zero-order chi connectivity index (χ0) is 17.7. The Kier molecular flexibility index (Phi) is 5.49. The van der Waals surface area contributed by atoms with Gasteiger partial charge in [0.25, 0.3) is 5.91 Å². The van der Waals surface area contributed by atoms with Crippen LogP contribution in [0, 0.1) is 6.92 Å². The van der Waals surface area contributed by atoms with Gasteiger partial charge >= 0.3 is 6.18 Å². The summed E-state index contributed by atoms with van der Waals surface area (Å²) in [5.41, 5.74) is 0.151.